The monoisotopic (exact) mass is 243 g/mol. The van der Waals surface area contributed by atoms with Crippen LogP contribution >= 0.6 is 0 Å². The summed E-state index contributed by atoms with van der Waals surface area (Å²) >= 11 is 0. The second-order valence-corrected chi connectivity index (χ2v) is 4.01. The zero-order valence-electron chi connectivity index (χ0n) is 10.7. The maximum Gasteiger partial charge on any atom is 0.242 e. The smallest absolute Gasteiger partial charge is 0.242 e. The number of anilines is 1. The zero-order chi connectivity index (χ0) is 13.5. The summed E-state index contributed by atoms with van der Waals surface area (Å²) in [6.07, 6.45) is 1.62. The van der Waals surface area contributed by atoms with Gasteiger partial charge in [-0.05, 0) is 25.5 Å². The van der Waals surface area contributed by atoms with E-state index in [-0.39, 0.29) is 5.91 Å². The molecular weight excluding hydrogens is 226 g/mol. The largest absolute Gasteiger partial charge is 0.373 e. The molecule has 1 unspecified atom stereocenters. The lowest BCUT2D eigenvalue weighted by atomic mass is 10.1. The third-order valence-electron chi connectivity index (χ3n) is 2.57. The first-order chi connectivity index (χ1) is 8.60. The van der Waals surface area contributed by atoms with Crippen molar-refractivity contribution in [3.8, 4) is 6.07 Å². The minimum atomic E-state index is -0.404. The summed E-state index contributed by atoms with van der Waals surface area (Å²) in [4.78, 5) is 11.7. The summed E-state index contributed by atoms with van der Waals surface area (Å²) < 4.78 is 0. The summed E-state index contributed by atoms with van der Waals surface area (Å²) in [6, 6.07) is 7.25. The van der Waals surface area contributed by atoms with Crippen molar-refractivity contribution in [1.82, 2.24) is 5.32 Å². The average Bonchev–Trinajstić information content (AvgIpc) is 2.36. The molecule has 0 aliphatic rings. The predicted octanol–water partition coefficient (Wildman–Crippen LogP) is 1.97. The second kappa shape index (κ2) is 6.45. The van der Waals surface area contributed by atoms with Crippen LogP contribution in [-0.4, -0.2) is 18.5 Å². The SMILES string of the molecule is C=CCNC(=O)C(C)Nc1cccc(C)c1C#N. The molecule has 0 saturated heterocycles. The van der Waals surface area contributed by atoms with E-state index in [2.05, 4.69) is 23.3 Å². The van der Waals surface area contributed by atoms with Crippen LogP contribution in [0.5, 0.6) is 0 Å². The van der Waals surface area contributed by atoms with E-state index >= 15 is 0 Å². The number of nitriles is 1. The molecule has 0 bridgehead atoms. The molecule has 18 heavy (non-hydrogen) atoms. The molecule has 4 heteroatoms. The van der Waals surface area contributed by atoms with Crippen molar-refractivity contribution in [3.63, 3.8) is 0 Å². The van der Waals surface area contributed by atoms with Crippen molar-refractivity contribution in [2.45, 2.75) is 19.9 Å². The highest BCUT2D eigenvalue weighted by Gasteiger charge is 2.13. The first-order valence-electron chi connectivity index (χ1n) is 5.75. The Morgan fingerprint density at radius 3 is 2.94 bits per heavy atom. The van der Waals surface area contributed by atoms with Gasteiger partial charge in [-0.15, -0.1) is 6.58 Å². The topological polar surface area (TPSA) is 64.9 Å². The Morgan fingerprint density at radius 1 is 1.61 bits per heavy atom. The fourth-order valence-corrected chi connectivity index (χ4v) is 1.56. The van der Waals surface area contributed by atoms with Crippen molar-refractivity contribution in [2.24, 2.45) is 0 Å². The van der Waals surface area contributed by atoms with Crippen LogP contribution in [0, 0.1) is 18.3 Å². The summed E-state index contributed by atoms with van der Waals surface area (Å²) in [6.45, 7) is 7.59. The van der Waals surface area contributed by atoms with E-state index in [1.165, 1.54) is 0 Å². The highest BCUT2D eigenvalue weighted by atomic mass is 16.2. The van der Waals surface area contributed by atoms with Crippen LogP contribution in [0.4, 0.5) is 5.69 Å². The summed E-state index contributed by atoms with van der Waals surface area (Å²) in [5.74, 6) is -0.125. The highest BCUT2D eigenvalue weighted by Crippen LogP contribution is 2.19. The Bertz CT molecular complexity index is 488. The average molecular weight is 243 g/mol. The van der Waals surface area contributed by atoms with Crippen molar-refractivity contribution >= 4 is 11.6 Å². The number of carbonyl (C=O) groups excluding carboxylic acids is 1. The predicted molar refractivity (Wildman–Crippen MR) is 72.2 cm³/mol. The molecule has 1 amide bonds. The van der Waals surface area contributed by atoms with Crippen LogP contribution in [0.25, 0.3) is 0 Å². The van der Waals surface area contributed by atoms with Crippen LogP contribution in [0.2, 0.25) is 0 Å². The summed E-state index contributed by atoms with van der Waals surface area (Å²) in [7, 11) is 0. The van der Waals surface area contributed by atoms with Gasteiger partial charge in [0, 0.05) is 6.54 Å². The molecule has 0 saturated carbocycles. The molecule has 1 atom stereocenters. The van der Waals surface area contributed by atoms with Crippen LogP contribution in [-0.2, 0) is 4.79 Å². The number of hydrogen-bond donors (Lipinski definition) is 2. The number of carbonyl (C=O) groups is 1. The van der Waals surface area contributed by atoms with Crippen molar-refractivity contribution in [3.05, 3.63) is 42.0 Å². The standard InChI is InChI=1S/C14H17N3O/c1-4-8-16-14(18)11(3)17-13-7-5-6-10(2)12(13)9-15/h4-7,11,17H,1,8H2,2-3H3,(H,16,18). The first-order valence-corrected chi connectivity index (χ1v) is 5.75. The van der Waals surface area contributed by atoms with Gasteiger partial charge in [0.15, 0.2) is 0 Å². The molecule has 1 rings (SSSR count). The molecule has 94 valence electrons. The number of amides is 1. The van der Waals surface area contributed by atoms with Crippen LogP contribution < -0.4 is 10.6 Å². The third-order valence-corrected chi connectivity index (χ3v) is 2.57. The van der Waals surface area contributed by atoms with E-state index < -0.39 is 6.04 Å². The molecule has 0 aliphatic carbocycles. The number of nitrogens with zero attached hydrogens (tertiary/aromatic N) is 1. The molecule has 1 aromatic carbocycles. The second-order valence-electron chi connectivity index (χ2n) is 4.01. The van der Waals surface area contributed by atoms with Gasteiger partial charge in [0.2, 0.25) is 5.91 Å². The Kier molecular flexibility index (Phi) is 4.94. The van der Waals surface area contributed by atoms with E-state index in [0.717, 1.165) is 5.56 Å². The lowest BCUT2D eigenvalue weighted by Gasteiger charge is -2.16. The highest BCUT2D eigenvalue weighted by molar-refractivity contribution is 5.84. The third kappa shape index (κ3) is 3.36. The van der Waals surface area contributed by atoms with Crippen molar-refractivity contribution in [1.29, 1.82) is 5.26 Å². The molecular formula is C14H17N3O. The Hall–Kier alpha value is -2.28. The number of aryl methyl sites for hydroxylation is 1. The van der Waals surface area contributed by atoms with Gasteiger partial charge < -0.3 is 10.6 Å². The molecule has 0 aromatic heterocycles. The lowest BCUT2D eigenvalue weighted by molar-refractivity contribution is -0.121. The first kappa shape index (κ1) is 13.8. The van der Waals surface area contributed by atoms with Gasteiger partial charge in [0.1, 0.15) is 12.1 Å². The van der Waals surface area contributed by atoms with Crippen LogP contribution in [0.15, 0.2) is 30.9 Å². The van der Waals surface area contributed by atoms with Crippen molar-refractivity contribution < 1.29 is 4.79 Å². The molecule has 0 fully saturated rings. The zero-order valence-corrected chi connectivity index (χ0v) is 10.7. The summed E-state index contributed by atoms with van der Waals surface area (Å²) in [5.41, 5.74) is 2.14. The number of benzene rings is 1. The van der Waals surface area contributed by atoms with Crippen LogP contribution in [0.3, 0.4) is 0 Å². The van der Waals surface area contributed by atoms with Crippen LogP contribution in [0.1, 0.15) is 18.1 Å². The fraction of sp³-hybridized carbons (Fsp3) is 0.286. The van der Waals surface area contributed by atoms with Gasteiger partial charge in [0.25, 0.3) is 0 Å². The Morgan fingerprint density at radius 2 is 2.33 bits per heavy atom. The molecule has 4 nitrogen and oxygen atoms in total. The number of rotatable bonds is 5. The maximum atomic E-state index is 11.7. The fourth-order valence-electron chi connectivity index (χ4n) is 1.56. The van der Waals surface area contributed by atoms with E-state index in [1.54, 1.807) is 19.1 Å². The quantitative estimate of drug-likeness (QED) is 0.777. The Balaban J connectivity index is 2.79. The van der Waals surface area contributed by atoms with Gasteiger partial charge in [-0.3, -0.25) is 4.79 Å². The maximum absolute atomic E-state index is 11.7. The number of hydrogen-bond acceptors (Lipinski definition) is 3. The van der Waals surface area contributed by atoms with E-state index in [0.29, 0.717) is 17.8 Å². The number of nitrogens with one attached hydrogen (secondary N) is 2. The Labute approximate surface area is 107 Å². The van der Waals surface area contributed by atoms with E-state index in [9.17, 15) is 4.79 Å². The van der Waals surface area contributed by atoms with E-state index in [4.69, 9.17) is 5.26 Å². The van der Waals surface area contributed by atoms with Crippen molar-refractivity contribution in [2.75, 3.05) is 11.9 Å². The molecule has 0 spiro atoms. The lowest BCUT2D eigenvalue weighted by Crippen LogP contribution is -2.37. The molecule has 0 radical (unpaired) electrons. The van der Waals surface area contributed by atoms with E-state index in [1.807, 2.05) is 19.1 Å². The van der Waals surface area contributed by atoms with Gasteiger partial charge >= 0.3 is 0 Å². The molecule has 0 aliphatic heterocycles. The normalized spacial score (nSPS) is 11.2. The minimum Gasteiger partial charge on any atom is -0.373 e. The molecule has 2 N–H and O–H groups in total. The summed E-state index contributed by atoms with van der Waals surface area (Å²) in [5, 5.41) is 14.8. The van der Waals surface area contributed by atoms with Gasteiger partial charge in [-0.25, -0.2) is 0 Å². The van der Waals surface area contributed by atoms with Gasteiger partial charge in [-0.2, -0.15) is 5.26 Å². The molecule has 0 heterocycles. The molecule has 1 aromatic rings. The van der Waals surface area contributed by atoms with Gasteiger partial charge in [-0.1, -0.05) is 18.2 Å². The van der Waals surface area contributed by atoms with Gasteiger partial charge in [0.05, 0.1) is 11.3 Å². The minimum absolute atomic E-state index is 0.125.